The summed E-state index contributed by atoms with van der Waals surface area (Å²) < 4.78 is 0. The fourth-order valence-electron chi connectivity index (χ4n) is 1.59. The second-order valence-electron chi connectivity index (χ2n) is 4.71. The van der Waals surface area contributed by atoms with E-state index >= 15 is 0 Å². The van der Waals surface area contributed by atoms with Gasteiger partial charge >= 0.3 is 0 Å². The van der Waals surface area contributed by atoms with Gasteiger partial charge in [-0.15, -0.1) is 0 Å². The van der Waals surface area contributed by atoms with Crippen molar-refractivity contribution in [1.29, 1.82) is 0 Å². The normalized spacial score (nSPS) is 14.0. The minimum atomic E-state index is -0.631. The maximum absolute atomic E-state index is 11.8. The van der Waals surface area contributed by atoms with Crippen molar-refractivity contribution >= 4 is 12.2 Å². The highest BCUT2D eigenvalue weighted by molar-refractivity contribution is 5.84. The number of nitrogens with one attached hydrogen (secondary N) is 1. The summed E-state index contributed by atoms with van der Waals surface area (Å²) >= 11 is 0. The quantitative estimate of drug-likeness (QED) is 0.735. The van der Waals surface area contributed by atoms with Crippen LogP contribution in [0, 0.1) is 5.92 Å². The number of hydrogen-bond donors (Lipinski definition) is 2. The van der Waals surface area contributed by atoms with E-state index in [0.717, 1.165) is 11.8 Å². The van der Waals surface area contributed by atoms with Gasteiger partial charge in [0.1, 0.15) is 6.29 Å². The van der Waals surface area contributed by atoms with Crippen LogP contribution in [0.4, 0.5) is 0 Å². The van der Waals surface area contributed by atoms with E-state index in [1.807, 2.05) is 44.2 Å². The molecule has 18 heavy (non-hydrogen) atoms. The van der Waals surface area contributed by atoms with Crippen molar-refractivity contribution in [2.24, 2.45) is 11.7 Å². The summed E-state index contributed by atoms with van der Waals surface area (Å²) in [4.78, 5) is 22.6. The molecule has 1 aromatic rings. The van der Waals surface area contributed by atoms with Gasteiger partial charge in [-0.05, 0) is 17.9 Å². The van der Waals surface area contributed by atoms with Crippen LogP contribution in [-0.2, 0) is 16.0 Å². The number of nitrogens with two attached hydrogens (primary N) is 1. The number of carbonyl (C=O) groups is 2. The molecule has 0 aliphatic heterocycles. The van der Waals surface area contributed by atoms with E-state index in [9.17, 15) is 9.59 Å². The molecule has 0 saturated carbocycles. The largest absolute Gasteiger partial charge is 0.345 e. The predicted octanol–water partition coefficient (Wildman–Crippen LogP) is 0.896. The molecule has 2 atom stereocenters. The Hall–Kier alpha value is -1.68. The van der Waals surface area contributed by atoms with Gasteiger partial charge in [-0.1, -0.05) is 44.2 Å². The monoisotopic (exact) mass is 248 g/mol. The van der Waals surface area contributed by atoms with Crippen molar-refractivity contribution in [3.63, 3.8) is 0 Å². The molecule has 0 heterocycles. The lowest BCUT2D eigenvalue weighted by Crippen LogP contribution is -2.48. The van der Waals surface area contributed by atoms with Gasteiger partial charge in [0, 0.05) is 0 Å². The topological polar surface area (TPSA) is 72.2 Å². The standard InChI is InChI=1S/C14H20N2O2/c1-10(2)13(9-17)16-14(18)12(15)8-11-6-4-3-5-7-11/h3-7,9-10,12-13H,8,15H2,1-2H3,(H,16,18)/t12-,13+/m0/s1. The maximum atomic E-state index is 11.8. The third-order valence-electron chi connectivity index (χ3n) is 2.81. The Labute approximate surface area is 108 Å². The van der Waals surface area contributed by atoms with Gasteiger partial charge < -0.3 is 15.8 Å². The minimum Gasteiger partial charge on any atom is -0.345 e. The summed E-state index contributed by atoms with van der Waals surface area (Å²) in [6, 6.07) is 8.47. The van der Waals surface area contributed by atoms with Gasteiger partial charge in [0.15, 0.2) is 0 Å². The van der Waals surface area contributed by atoms with Crippen LogP contribution in [0.3, 0.4) is 0 Å². The van der Waals surface area contributed by atoms with E-state index < -0.39 is 12.1 Å². The molecule has 0 aromatic heterocycles. The van der Waals surface area contributed by atoms with E-state index in [2.05, 4.69) is 5.32 Å². The van der Waals surface area contributed by atoms with Crippen molar-refractivity contribution in [3.05, 3.63) is 35.9 Å². The average molecular weight is 248 g/mol. The molecule has 0 radical (unpaired) electrons. The second kappa shape index (κ2) is 6.91. The molecule has 1 rings (SSSR count). The molecule has 0 fully saturated rings. The average Bonchev–Trinajstić information content (AvgIpc) is 2.36. The molecule has 3 N–H and O–H groups in total. The van der Waals surface area contributed by atoms with Crippen LogP contribution in [0.2, 0.25) is 0 Å². The lowest BCUT2D eigenvalue weighted by Gasteiger charge is -2.19. The molecule has 0 spiro atoms. The van der Waals surface area contributed by atoms with Crippen LogP contribution in [0.25, 0.3) is 0 Å². The summed E-state index contributed by atoms with van der Waals surface area (Å²) in [5.74, 6) is -0.222. The van der Waals surface area contributed by atoms with Gasteiger partial charge in [0.05, 0.1) is 12.1 Å². The van der Waals surface area contributed by atoms with Crippen molar-refractivity contribution < 1.29 is 9.59 Å². The predicted molar refractivity (Wildman–Crippen MR) is 71.0 cm³/mol. The number of benzene rings is 1. The SMILES string of the molecule is CC(C)[C@@H](C=O)NC(=O)[C@@H](N)Cc1ccccc1. The first-order valence-electron chi connectivity index (χ1n) is 6.09. The lowest BCUT2D eigenvalue weighted by molar-refractivity contribution is -0.125. The highest BCUT2D eigenvalue weighted by Gasteiger charge is 2.19. The fraction of sp³-hybridized carbons (Fsp3) is 0.429. The van der Waals surface area contributed by atoms with Crippen LogP contribution in [0.5, 0.6) is 0 Å². The number of amides is 1. The molecular formula is C14H20N2O2. The van der Waals surface area contributed by atoms with Crippen molar-refractivity contribution in [2.75, 3.05) is 0 Å². The second-order valence-corrected chi connectivity index (χ2v) is 4.71. The third kappa shape index (κ3) is 4.30. The van der Waals surface area contributed by atoms with Gasteiger partial charge in [-0.3, -0.25) is 4.79 Å². The van der Waals surface area contributed by atoms with E-state index in [1.165, 1.54) is 0 Å². The molecule has 0 bridgehead atoms. The number of carbonyl (C=O) groups excluding carboxylic acids is 2. The smallest absolute Gasteiger partial charge is 0.237 e. The summed E-state index contributed by atoms with van der Waals surface area (Å²) in [6.45, 7) is 3.75. The number of hydrogen-bond acceptors (Lipinski definition) is 3. The zero-order valence-electron chi connectivity index (χ0n) is 10.8. The molecule has 1 amide bonds. The lowest BCUT2D eigenvalue weighted by atomic mass is 10.0. The zero-order chi connectivity index (χ0) is 13.5. The Bertz CT molecular complexity index is 390. The van der Waals surface area contributed by atoms with E-state index in [4.69, 9.17) is 5.73 Å². The van der Waals surface area contributed by atoms with E-state index in [0.29, 0.717) is 6.42 Å². The van der Waals surface area contributed by atoms with Crippen LogP contribution < -0.4 is 11.1 Å². The van der Waals surface area contributed by atoms with E-state index in [1.54, 1.807) is 0 Å². The van der Waals surface area contributed by atoms with Gasteiger partial charge in [0.25, 0.3) is 0 Å². The van der Waals surface area contributed by atoms with Crippen LogP contribution in [0.15, 0.2) is 30.3 Å². The molecule has 0 saturated heterocycles. The molecule has 4 heteroatoms. The first kappa shape index (κ1) is 14.4. The van der Waals surface area contributed by atoms with Crippen molar-refractivity contribution in [2.45, 2.75) is 32.4 Å². The molecule has 0 aliphatic carbocycles. The van der Waals surface area contributed by atoms with Crippen LogP contribution in [-0.4, -0.2) is 24.3 Å². The van der Waals surface area contributed by atoms with Crippen molar-refractivity contribution in [3.8, 4) is 0 Å². The number of rotatable bonds is 6. The molecule has 4 nitrogen and oxygen atoms in total. The van der Waals surface area contributed by atoms with Gasteiger partial charge in [-0.25, -0.2) is 0 Å². The molecular weight excluding hydrogens is 228 g/mol. The Balaban J connectivity index is 2.54. The van der Waals surface area contributed by atoms with Gasteiger partial charge in [0.2, 0.25) is 5.91 Å². The summed E-state index contributed by atoms with van der Waals surface area (Å²) in [6.07, 6.45) is 1.22. The molecule has 0 unspecified atom stereocenters. The summed E-state index contributed by atoms with van der Waals surface area (Å²) in [5.41, 5.74) is 6.83. The highest BCUT2D eigenvalue weighted by atomic mass is 16.2. The van der Waals surface area contributed by atoms with Crippen molar-refractivity contribution in [1.82, 2.24) is 5.32 Å². The summed E-state index contributed by atoms with van der Waals surface area (Å²) in [5, 5.41) is 2.65. The fourth-order valence-corrected chi connectivity index (χ4v) is 1.59. The Morgan fingerprint density at radius 3 is 2.44 bits per heavy atom. The molecule has 98 valence electrons. The van der Waals surface area contributed by atoms with Gasteiger partial charge in [-0.2, -0.15) is 0 Å². The Morgan fingerprint density at radius 2 is 1.94 bits per heavy atom. The zero-order valence-corrected chi connectivity index (χ0v) is 10.8. The minimum absolute atomic E-state index is 0.0652. The van der Waals surface area contributed by atoms with Crippen LogP contribution >= 0.6 is 0 Å². The highest BCUT2D eigenvalue weighted by Crippen LogP contribution is 2.03. The third-order valence-corrected chi connectivity index (χ3v) is 2.81. The first-order valence-corrected chi connectivity index (χ1v) is 6.09. The van der Waals surface area contributed by atoms with Crippen LogP contribution in [0.1, 0.15) is 19.4 Å². The Morgan fingerprint density at radius 1 is 1.33 bits per heavy atom. The molecule has 1 aromatic carbocycles. The Kier molecular flexibility index (Phi) is 5.52. The number of aldehydes is 1. The first-order chi connectivity index (χ1) is 8.54. The van der Waals surface area contributed by atoms with E-state index in [-0.39, 0.29) is 11.8 Å². The maximum Gasteiger partial charge on any atom is 0.237 e. The molecule has 0 aliphatic rings. The summed E-state index contributed by atoms with van der Waals surface area (Å²) in [7, 11) is 0.